The monoisotopic (exact) mass is 987 g/mol. The zero-order chi connectivity index (χ0) is 50.7. The molecule has 4 aromatic heterocycles. The third-order valence-electron chi connectivity index (χ3n) is 13.8. The van der Waals surface area contributed by atoms with E-state index >= 15 is 0 Å². The van der Waals surface area contributed by atoms with Crippen LogP contribution in [-0.4, -0.2) is 89.4 Å². The number of hydrogen-bond donors (Lipinski definition) is 6. The van der Waals surface area contributed by atoms with Crippen molar-refractivity contribution in [1.29, 1.82) is 0 Å². The summed E-state index contributed by atoms with van der Waals surface area (Å²) in [5.41, 5.74) is 23.3. The van der Waals surface area contributed by atoms with Gasteiger partial charge in [-0.05, 0) is 103 Å². The number of likely N-dealkylation sites (tertiary alicyclic amines) is 1. The highest BCUT2D eigenvalue weighted by Gasteiger charge is 2.44. The van der Waals surface area contributed by atoms with Crippen molar-refractivity contribution in [3.05, 3.63) is 131 Å². The van der Waals surface area contributed by atoms with Crippen LogP contribution in [0.1, 0.15) is 81.7 Å². The molecule has 0 spiro atoms. The van der Waals surface area contributed by atoms with Gasteiger partial charge in [0.05, 0.1) is 33.4 Å². The molecule has 1 saturated heterocycles. The van der Waals surface area contributed by atoms with E-state index < -0.39 is 35.4 Å². The topological polar surface area (TPSA) is 236 Å². The Labute approximate surface area is 422 Å². The first-order valence-electron chi connectivity index (χ1n) is 24.5. The van der Waals surface area contributed by atoms with Crippen LogP contribution in [0.5, 0.6) is 0 Å². The van der Waals surface area contributed by atoms with Crippen molar-refractivity contribution >= 4 is 51.9 Å². The van der Waals surface area contributed by atoms with Gasteiger partial charge in [0.1, 0.15) is 23.4 Å². The molecule has 7 aromatic rings. The van der Waals surface area contributed by atoms with E-state index in [4.69, 9.17) is 21.4 Å². The summed E-state index contributed by atoms with van der Waals surface area (Å²) >= 11 is 1.57. The molecule has 72 heavy (non-hydrogen) atoms. The third-order valence-corrected chi connectivity index (χ3v) is 14.8. The average molecular weight is 988 g/mol. The van der Waals surface area contributed by atoms with Gasteiger partial charge in [-0.25, -0.2) is 19.9 Å². The van der Waals surface area contributed by atoms with E-state index in [9.17, 15) is 24.3 Å². The summed E-state index contributed by atoms with van der Waals surface area (Å²) in [6.45, 7) is 7.96. The summed E-state index contributed by atoms with van der Waals surface area (Å²) in [6.07, 6.45) is 4.17. The lowest BCUT2D eigenvalue weighted by molar-refractivity contribution is -0.144. The van der Waals surface area contributed by atoms with Gasteiger partial charge in [-0.3, -0.25) is 23.7 Å². The molecule has 17 heteroatoms. The van der Waals surface area contributed by atoms with Crippen molar-refractivity contribution in [1.82, 2.24) is 45.4 Å². The standard InChI is InChI=1S/C55H61N11O5S/c1-33-47(72-32-61-33)36-13-11-35(12-14-36)30-60-52(70)44-29-40(67)31-65(44)53(71)48(54(2,3)4)64-46(69)22-21-45(68)58-27-23-34-8-5-9-37(28-34)42-19-20-43-51(62-42)66(50(63-43)41-10-6-26-59-49(41)56)39-17-15-38(16-18-39)55(57)24-7-25-55/h5-6,8-20,26,28,32,40,44,48,67H,7,21-25,27,29-31,57H2,1-4H3,(H2,56,59)(H,58,68)(H,60,70)(H,64,69)/t40-,44+,48-/m1/s1. The number of nitrogen functional groups attached to an aromatic ring is 1. The first kappa shape index (κ1) is 49.6. The zero-order valence-electron chi connectivity index (χ0n) is 41.0. The Morgan fingerprint density at radius 3 is 2.33 bits per heavy atom. The zero-order valence-corrected chi connectivity index (χ0v) is 41.8. The molecule has 0 radical (unpaired) electrons. The highest BCUT2D eigenvalue weighted by Crippen LogP contribution is 2.40. The van der Waals surface area contributed by atoms with Crippen LogP contribution in [0, 0.1) is 12.3 Å². The molecule has 5 heterocycles. The van der Waals surface area contributed by atoms with Gasteiger partial charge in [0.15, 0.2) is 11.5 Å². The van der Waals surface area contributed by atoms with Crippen molar-refractivity contribution in [2.45, 2.75) is 103 Å². The van der Waals surface area contributed by atoms with E-state index in [1.54, 1.807) is 17.5 Å². The molecule has 8 N–H and O–H groups in total. The molecule has 2 fully saturated rings. The number of amides is 4. The number of nitrogens with two attached hydrogens (primary N) is 2. The maximum atomic E-state index is 14.1. The van der Waals surface area contributed by atoms with Gasteiger partial charge < -0.3 is 37.4 Å². The molecule has 16 nitrogen and oxygen atoms in total. The minimum Gasteiger partial charge on any atom is -0.391 e. The van der Waals surface area contributed by atoms with E-state index in [-0.39, 0.29) is 49.7 Å². The second-order valence-corrected chi connectivity index (χ2v) is 20.9. The molecular weight excluding hydrogens is 927 g/mol. The van der Waals surface area contributed by atoms with Crippen molar-refractivity contribution in [3.63, 3.8) is 0 Å². The molecular formula is C55H61N11O5S. The molecule has 9 rings (SSSR count). The number of thiazole rings is 1. The number of carbonyl (C=O) groups is 4. The minimum atomic E-state index is -1.01. The Balaban J connectivity index is 0.796. The summed E-state index contributed by atoms with van der Waals surface area (Å²) in [5.74, 6) is -0.650. The van der Waals surface area contributed by atoms with Gasteiger partial charge in [-0.1, -0.05) is 75.4 Å². The first-order chi connectivity index (χ1) is 34.5. The average Bonchev–Trinajstić information content (AvgIpc) is 4.09. The number of benzene rings is 3. The summed E-state index contributed by atoms with van der Waals surface area (Å²) in [5, 5.41) is 19.3. The van der Waals surface area contributed by atoms with Crippen LogP contribution in [0.3, 0.4) is 0 Å². The van der Waals surface area contributed by atoms with Gasteiger partial charge in [0.2, 0.25) is 23.6 Å². The van der Waals surface area contributed by atoms with Crippen molar-refractivity contribution in [2.24, 2.45) is 11.1 Å². The molecule has 2 aliphatic rings. The van der Waals surface area contributed by atoms with E-state index in [0.29, 0.717) is 41.3 Å². The SMILES string of the molecule is Cc1ncsc1-c1ccc(CNC(=O)[C@@H]2C[C@@H](O)CN2C(=O)[C@@H](NC(=O)CCC(=O)NCCc2cccc(-c3ccc4nc(-c5cccnc5N)n(-c5ccc(C6(N)CCC6)cc5)c4n3)c2)C(C)(C)C)cc1. The van der Waals surface area contributed by atoms with E-state index in [2.05, 4.69) is 38.1 Å². The second-order valence-electron chi connectivity index (χ2n) is 20.0. The lowest BCUT2D eigenvalue weighted by Crippen LogP contribution is -2.57. The summed E-state index contributed by atoms with van der Waals surface area (Å²) < 4.78 is 2.00. The number of nitrogens with zero attached hydrogens (tertiary/aromatic N) is 6. The highest BCUT2D eigenvalue weighted by atomic mass is 32.1. The largest absolute Gasteiger partial charge is 0.391 e. The molecule has 3 aromatic carbocycles. The fraction of sp³-hybridized carbons (Fsp3) is 0.345. The normalized spacial score (nSPS) is 16.8. The third kappa shape index (κ3) is 10.8. The number of fused-ring (bicyclic) bond motifs is 1. The highest BCUT2D eigenvalue weighted by molar-refractivity contribution is 7.13. The minimum absolute atomic E-state index is 0.0418. The maximum Gasteiger partial charge on any atom is 0.246 e. The Morgan fingerprint density at radius 1 is 0.875 bits per heavy atom. The van der Waals surface area contributed by atoms with E-state index in [0.717, 1.165) is 69.0 Å². The predicted octanol–water partition coefficient (Wildman–Crippen LogP) is 6.75. The number of imidazole rings is 1. The lowest BCUT2D eigenvalue weighted by Gasteiger charge is -2.38. The molecule has 0 bridgehead atoms. The molecule has 372 valence electrons. The van der Waals surface area contributed by atoms with Crippen molar-refractivity contribution in [3.8, 4) is 38.8 Å². The summed E-state index contributed by atoms with van der Waals surface area (Å²) in [7, 11) is 0. The van der Waals surface area contributed by atoms with E-state index in [1.807, 2.05) is 123 Å². The van der Waals surface area contributed by atoms with Crippen LogP contribution in [0.25, 0.3) is 49.9 Å². The van der Waals surface area contributed by atoms with Crippen LogP contribution >= 0.6 is 11.3 Å². The number of carbonyl (C=O) groups excluding carboxylic acids is 4. The predicted molar refractivity (Wildman–Crippen MR) is 279 cm³/mol. The van der Waals surface area contributed by atoms with Crippen molar-refractivity contribution in [2.75, 3.05) is 18.8 Å². The van der Waals surface area contributed by atoms with Gasteiger partial charge in [0.25, 0.3) is 0 Å². The van der Waals surface area contributed by atoms with Crippen LogP contribution in [0.15, 0.2) is 109 Å². The number of hydrogen-bond acceptors (Lipinski definition) is 12. The number of aliphatic hydroxyl groups excluding tert-OH is 1. The van der Waals surface area contributed by atoms with Gasteiger partial charge in [-0.2, -0.15) is 0 Å². The number of β-amino-alcohol motifs (C(OH)–C–C–N with tert-alkyl or cyclic N) is 1. The van der Waals surface area contributed by atoms with Crippen LogP contribution in [0.2, 0.25) is 0 Å². The molecule has 1 aliphatic carbocycles. The number of aliphatic hydroxyl groups is 1. The Hall–Kier alpha value is -7.34. The molecule has 1 saturated carbocycles. The molecule has 1 aliphatic heterocycles. The van der Waals surface area contributed by atoms with Crippen LogP contribution in [-0.2, 0) is 37.7 Å². The molecule has 4 amide bonds. The number of aryl methyl sites for hydroxylation is 1. The smallest absolute Gasteiger partial charge is 0.246 e. The van der Waals surface area contributed by atoms with E-state index in [1.165, 1.54) is 4.90 Å². The summed E-state index contributed by atoms with van der Waals surface area (Å²) in [4.78, 5) is 75.3. The molecule has 0 unspecified atom stereocenters. The van der Waals surface area contributed by atoms with Gasteiger partial charge in [0, 0.05) is 61.9 Å². The fourth-order valence-corrected chi connectivity index (χ4v) is 10.3. The van der Waals surface area contributed by atoms with Gasteiger partial charge >= 0.3 is 0 Å². The Kier molecular flexibility index (Phi) is 14.3. The Morgan fingerprint density at radius 2 is 1.64 bits per heavy atom. The maximum absolute atomic E-state index is 14.1. The quantitative estimate of drug-likeness (QED) is 0.0592. The fourth-order valence-electron chi connectivity index (χ4n) is 9.50. The van der Waals surface area contributed by atoms with Gasteiger partial charge in [-0.15, -0.1) is 11.3 Å². The van der Waals surface area contributed by atoms with Crippen LogP contribution < -0.4 is 27.4 Å². The Bertz CT molecular complexity index is 3120. The van der Waals surface area contributed by atoms with Crippen LogP contribution in [0.4, 0.5) is 5.82 Å². The first-order valence-corrected chi connectivity index (χ1v) is 25.3. The number of nitrogens with one attached hydrogen (secondary N) is 3. The number of aromatic nitrogens is 5. The molecule has 3 atom stereocenters. The number of pyridine rings is 2. The number of anilines is 1. The second kappa shape index (κ2) is 20.8. The number of rotatable bonds is 16. The summed E-state index contributed by atoms with van der Waals surface area (Å²) in [6, 6.07) is 29.8. The lowest BCUT2D eigenvalue weighted by atomic mass is 9.73. The van der Waals surface area contributed by atoms with Crippen molar-refractivity contribution < 1.29 is 24.3 Å².